The number of piperidine rings is 1. The zero-order valence-corrected chi connectivity index (χ0v) is 20.8. The molecule has 0 atom stereocenters. The van der Waals surface area contributed by atoms with Gasteiger partial charge in [-0.15, -0.1) is 0 Å². The van der Waals surface area contributed by atoms with E-state index >= 15 is 0 Å². The zero-order chi connectivity index (χ0) is 23.7. The van der Waals surface area contributed by atoms with Crippen LogP contribution < -0.4 is 15.4 Å². The predicted molar refractivity (Wildman–Crippen MR) is 128 cm³/mol. The summed E-state index contributed by atoms with van der Waals surface area (Å²) in [7, 11) is -3.78. The molecule has 1 aliphatic rings. The second kappa shape index (κ2) is 9.36. The minimum atomic E-state index is -3.78. The molecule has 0 aliphatic carbocycles. The molecule has 0 spiro atoms. The van der Waals surface area contributed by atoms with Gasteiger partial charge < -0.3 is 15.4 Å². The monoisotopic (exact) mass is 480 g/mol. The molecule has 3 rings (SSSR count). The lowest BCUT2D eigenvalue weighted by Gasteiger charge is -2.30. The number of ether oxygens (including phenoxy) is 1. The molecule has 1 aromatic carbocycles. The van der Waals surface area contributed by atoms with E-state index in [1.54, 1.807) is 39.1 Å². The van der Waals surface area contributed by atoms with Gasteiger partial charge in [0, 0.05) is 36.1 Å². The van der Waals surface area contributed by atoms with E-state index in [0.29, 0.717) is 37.2 Å². The maximum atomic E-state index is 13.0. The molecule has 0 amide bonds. The zero-order valence-electron chi connectivity index (χ0n) is 19.2. The largest absolute Gasteiger partial charge is 0.463 e. The van der Waals surface area contributed by atoms with Gasteiger partial charge >= 0.3 is 5.97 Å². The van der Waals surface area contributed by atoms with Crippen LogP contribution in [0.2, 0.25) is 0 Å². The first-order valence-corrected chi connectivity index (χ1v) is 13.0. The lowest BCUT2D eigenvalue weighted by atomic mass is 9.97. The van der Waals surface area contributed by atoms with Crippen LogP contribution in [0.5, 0.6) is 0 Å². The van der Waals surface area contributed by atoms with Gasteiger partial charge in [0.25, 0.3) is 0 Å². The summed E-state index contributed by atoms with van der Waals surface area (Å²) in [5.41, 5.74) is 6.22. The molecular formula is C22H32N4O4S2. The number of sulfonamides is 1. The van der Waals surface area contributed by atoms with Crippen molar-refractivity contribution in [3.8, 4) is 10.4 Å². The number of benzene rings is 1. The number of hydrogen-bond donors (Lipinski definition) is 2. The molecule has 1 aliphatic heterocycles. The van der Waals surface area contributed by atoms with Gasteiger partial charge in [-0.05, 0) is 59.6 Å². The SMILES string of the molecule is CC(C)OC(=O)C1CCN(c2ncc(-c3ccc(N)cc3S(=O)(=O)NC(C)(C)C)s2)CC1. The Bertz CT molecular complexity index is 1070. The molecule has 8 nitrogen and oxygen atoms in total. The normalized spacial score (nSPS) is 15.9. The van der Waals surface area contributed by atoms with Crippen molar-refractivity contribution in [2.24, 2.45) is 5.92 Å². The molecule has 0 bridgehead atoms. The number of aromatic nitrogens is 1. The predicted octanol–water partition coefficient (Wildman–Crippen LogP) is 3.64. The van der Waals surface area contributed by atoms with E-state index in [-0.39, 0.29) is 22.9 Å². The van der Waals surface area contributed by atoms with E-state index in [0.717, 1.165) is 10.0 Å². The van der Waals surface area contributed by atoms with E-state index in [2.05, 4.69) is 14.6 Å². The third-order valence-electron chi connectivity index (χ3n) is 4.95. The van der Waals surface area contributed by atoms with Crippen molar-refractivity contribution >= 4 is 38.1 Å². The maximum absolute atomic E-state index is 13.0. The number of nitrogens with one attached hydrogen (secondary N) is 1. The Morgan fingerprint density at radius 3 is 2.53 bits per heavy atom. The van der Waals surface area contributed by atoms with Crippen LogP contribution in [0, 0.1) is 5.92 Å². The summed E-state index contributed by atoms with van der Waals surface area (Å²) in [6.07, 6.45) is 3.00. The summed E-state index contributed by atoms with van der Waals surface area (Å²) in [5.74, 6) is -0.229. The Kier molecular flexibility index (Phi) is 7.16. The molecule has 176 valence electrons. The molecule has 1 saturated heterocycles. The second-order valence-corrected chi connectivity index (χ2v) is 12.0. The fourth-order valence-electron chi connectivity index (χ4n) is 3.59. The number of hydrogen-bond acceptors (Lipinski definition) is 8. The van der Waals surface area contributed by atoms with Gasteiger partial charge in [0.15, 0.2) is 5.13 Å². The molecule has 1 fully saturated rings. The summed E-state index contributed by atoms with van der Waals surface area (Å²) < 4.78 is 34.1. The first-order chi connectivity index (χ1) is 14.9. The van der Waals surface area contributed by atoms with Gasteiger partial charge in [-0.3, -0.25) is 4.79 Å². The molecule has 32 heavy (non-hydrogen) atoms. The third-order valence-corrected chi connectivity index (χ3v) is 7.83. The number of rotatable bonds is 6. The minimum absolute atomic E-state index is 0.0922. The van der Waals surface area contributed by atoms with Crippen LogP contribution in [0.15, 0.2) is 29.3 Å². The van der Waals surface area contributed by atoms with Crippen molar-refractivity contribution in [2.75, 3.05) is 23.7 Å². The highest BCUT2D eigenvalue weighted by Gasteiger charge is 2.29. The van der Waals surface area contributed by atoms with Crippen molar-refractivity contribution in [1.82, 2.24) is 9.71 Å². The van der Waals surface area contributed by atoms with Crippen LogP contribution in [0.4, 0.5) is 10.8 Å². The number of nitrogens with zero attached hydrogens (tertiary/aromatic N) is 2. The molecular weight excluding hydrogens is 448 g/mol. The molecule has 0 radical (unpaired) electrons. The first-order valence-electron chi connectivity index (χ1n) is 10.7. The molecule has 10 heteroatoms. The quantitative estimate of drug-likeness (QED) is 0.479. The standard InChI is InChI=1S/C22H32N4O4S2/c1-14(2)30-20(27)15-8-10-26(11-9-15)21-24-13-18(31-21)17-7-6-16(23)12-19(17)32(28,29)25-22(3,4)5/h6-7,12-15,25H,8-11,23H2,1-5H3. The highest BCUT2D eigenvalue weighted by atomic mass is 32.2. The van der Waals surface area contributed by atoms with Crippen molar-refractivity contribution in [2.45, 2.75) is 64.0 Å². The van der Waals surface area contributed by atoms with Gasteiger partial charge in [-0.1, -0.05) is 17.4 Å². The number of thiazole rings is 1. The Morgan fingerprint density at radius 2 is 1.94 bits per heavy atom. The molecule has 3 N–H and O–H groups in total. The van der Waals surface area contributed by atoms with Crippen molar-refractivity contribution in [1.29, 1.82) is 0 Å². The summed E-state index contributed by atoms with van der Waals surface area (Å²) in [5, 5.41) is 0.805. The van der Waals surface area contributed by atoms with Gasteiger partial charge in [-0.25, -0.2) is 18.1 Å². The van der Waals surface area contributed by atoms with Crippen LogP contribution >= 0.6 is 11.3 Å². The average Bonchev–Trinajstić information content (AvgIpc) is 3.15. The summed E-state index contributed by atoms with van der Waals surface area (Å²) in [6, 6.07) is 4.89. The van der Waals surface area contributed by atoms with E-state index in [1.165, 1.54) is 17.4 Å². The number of nitrogen functional groups attached to an aromatic ring is 1. The Labute approximate surface area is 194 Å². The van der Waals surface area contributed by atoms with Crippen LogP contribution in [-0.2, 0) is 19.6 Å². The van der Waals surface area contributed by atoms with Gasteiger partial charge in [-0.2, -0.15) is 0 Å². The number of carbonyl (C=O) groups is 1. The van der Waals surface area contributed by atoms with E-state index in [1.807, 2.05) is 13.8 Å². The Hall–Kier alpha value is -2.17. The number of esters is 1. The van der Waals surface area contributed by atoms with Gasteiger partial charge in [0.2, 0.25) is 10.0 Å². The number of nitrogens with two attached hydrogens (primary N) is 1. The molecule has 0 unspecified atom stereocenters. The Morgan fingerprint density at radius 1 is 1.28 bits per heavy atom. The minimum Gasteiger partial charge on any atom is -0.463 e. The van der Waals surface area contributed by atoms with Crippen LogP contribution in [0.1, 0.15) is 47.5 Å². The highest BCUT2D eigenvalue weighted by Crippen LogP contribution is 2.37. The molecule has 1 aromatic heterocycles. The summed E-state index contributed by atoms with van der Waals surface area (Å²) in [4.78, 5) is 19.7. The summed E-state index contributed by atoms with van der Waals surface area (Å²) in [6.45, 7) is 10.5. The highest BCUT2D eigenvalue weighted by molar-refractivity contribution is 7.89. The fraction of sp³-hybridized carbons (Fsp3) is 0.545. The maximum Gasteiger partial charge on any atom is 0.309 e. The Balaban J connectivity index is 1.80. The second-order valence-electron chi connectivity index (χ2n) is 9.37. The van der Waals surface area contributed by atoms with Gasteiger partial charge in [0.1, 0.15) is 0 Å². The van der Waals surface area contributed by atoms with Crippen molar-refractivity contribution < 1.29 is 17.9 Å². The first kappa shape index (κ1) is 24.5. The van der Waals surface area contributed by atoms with Crippen LogP contribution in [-0.4, -0.2) is 44.1 Å². The average molecular weight is 481 g/mol. The smallest absolute Gasteiger partial charge is 0.309 e. The molecule has 2 aromatic rings. The topological polar surface area (TPSA) is 115 Å². The van der Waals surface area contributed by atoms with Crippen molar-refractivity contribution in [3.05, 3.63) is 24.4 Å². The van der Waals surface area contributed by atoms with Crippen LogP contribution in [0.3, 0.4) is 0 Å². The van der Waals surface area contributed by atoms with E-state index in [4.69, 9.17) is 10.5 Å². The van der Waals surface area contributed by atoms with E-state index in [9.17, 15) is 13.2 Å². The van der Waals surface area contributed by atoms with E-state index < -0.39 is 15.6 Å². The summed E-state index contributed by atoms with van der Waals surface area (Å²) >= 11 is 1.43. The molecule has 0 saturated carbocycles. The number of carbonyl (C=O) groups excluding carboxylic acids is 1. The third kappa shape index (κ3) is 5.99. The fourth-order valence-corrected chi connectivity index (χ4v) is 6.34. The lowest BCUT2D eigenvalue weighted by molar-refractivity contribution is -0.153. The van der Waals surface area contributed by atoms with Crippen LogP contribution in [0.25, 0.3) is 10.4 Å². The molecule has 2 heterocycles. The van der Waals surface area contributed by atoms with Crippen molar-refractivity contribution in [3.63, 3.8) is 0 Å². The number of anilines is 2. The van der Waals surface area contributed by atoms with Gasteiger partial charge in [0.05, 0.1) is 21.8 Å². The lowest BCUT2D eigenvalue weighted by Crippen LogP contribution is -2.40.